The van der Waals surface area contributed by atoms with Gasteiger partial charge in [-0.15, -0.1) is 0 Å². The number of nitrogens with one attached hydrogen (secondary N) is 1. The smallest absolute Gasteiger partial charge is 0.341 e. The molecular weight excluding hydrogens is 428 g/mol. The molecule has 9 heteroatoms. The molecular formula is C24H24N2O7. The van der Waals surface area contributed by atoms with Gasteiger partial charge in [0.25, 0.3) is 11.8 Å². The van der Waals surface area contributed by atoms with E-state index < -0.39 is 30.4 Å². The number of anilines is 1. The zero-order chi connectivity index (χ0) is 24.1. The Labute approximate surface area is 190 Å². The number of methoxy groups -OCH3 is 1. The summed E-state index contributed by atoms with van der Waals surface area (Å²) in [5.41, 5.74) is 1.62. The van der Waals surface area contributed by atoms with Crippen LogP contribution in [0.2, 0.25) is 0 Å². The highest BCUT2D eigenvalue weighted by atomic mass is 16.5. The maximum atomic E-state index is 13.1. The first kappa shape index (κ1) is 23.5. The summed E-state index contributed by atoms with van der Waals surface area (Å²) < 4.78 is 10.4. The Bertz CT molecular complexity index is 1120. The van der Waals surface area contributed by atoms with Crippen LogP contribution in [0.5, 0.6) is 11.5 Å². The van der Waals surface area contributed by atoms with Crippen molar-refractivity contribution in [1.29, 1.82) is 0 Å². The molecule has 9 nitrogen and oxygen atoms in total. The molecule has 1 fully saturated rings. The molecule has 0 radical (unpaired) electrons. The first-order valence-corrected chi connectivity index (χ1v) is 10.3. The van der Waals surface area contributed by atoms with E-state index in [9.17, 15) is 19.2 Å². The molecule has 33 heavy (non-hydrogen) atoms. The van der Waals surface area contributed by atoms with Crippen LogP contribution < -0.4 is 19.7 Å². The monoisotopic (exact) mass is 452 g/mol. The Hall–Kier alpha value is -4.14. The SMILES string of the molecule is CC[C@H](C)c1ccc(N2C(=O)NC(=O)/C(=C/c3ccc(OCC(=O)O)c(OC)c3)C2=O)cc1. The molecule has 2 aromatic rings. The minimum atomic E-state index is -1.14. The van der Waals surface area contributed by atoms with E-state index in [4.69, 9.17) is 14.6 Å². The number of urea groups is 1. The first-order valence-electron chi connectivity index (χ1n) is 10.3. The van der Waals surface area contributed by atoms with E-state index in [-0.39, 0.29) is 17.1 Å². The highest BCUT2D eigenvalue weighted by Crippen LogP contribution is 2.30. The first-order chi connectivity index (χ1) is 15.7. The maximum Gasteiger partial charge on any atom is 0.341 e. The number of imide groups is 2. The van der Waals surface area contributed by atoms with Gasteiger partial charge in [0.1, 0.15) is 5.57 Å². The van der Waals surface area contributed by atoms with E-state index in [1.807, 2.05) is 12.1 Å². The molecule has 2 aromatic carbocycles. The number of barbiturate groups is 1. The lowest BCUT2D eigenvalue weighted by molar-refractivity contribution is -0.139. The summed E-state index contributed by atoms with van der Waals surface area (Å²) >= 11 is 0. The molecule has 0 aliphatic carbocycles. The molecule has 1 heterocycles. The number of carboxylic acids is 1. The van der Waals surface area contributed by atoms with Crippen molar-refractivity contribution in [3.05, 3.63) is 59.2 Å². The molecule has 3 rings (SSSR count). The summed E-state index contributed by atoms with van der Waals surface area (Å²) in [6, 6.07) is 10.7. The van der Waals surface area contributed by atoms with E-state index in [1.165, 1.54) is 31.4 Å². The number of benzene rings is 2. The Morgan fingerprint density at radius 1 is 1.12 bits per heavy atom. The van der Waals surface area contributed by atoms with Crippen LogP contribution in [0.25, 0.3) is 6.08 Å². The average Bonchev–Trinajstić information content (AvgIpc) is 2.80. The molecule has 0 saturated carbocycles. The lowest BCUT2D eigenvalue weighted by Gasteiger charge is -2.26. The third-order valence-electron chi connectivity index (χ3n) is 5.28. The molecule has 0 unspecified atom stereocenters. The second kappa shape index (κ2) is 9.99. The number of carbonyl (C=O) groups excluding carboxylic acids is 3. The number of carboxylic acid groups (broad SMARTS) is 1. The third-order valence-corrected chi connectivity index (χ3v) is 5.28. The van der Waals surface area contributed by atoms with Gasteiger partial charge in [-0.3, -0.25) is 14.9 Å². The molecule has 1 aliphatic rings. The van der Waals surface area contributed by atoms with Crippen molar-refractivity contribution in [3.63, 3.8) is 0 Å². The maximum absolute atomic E-state index is 13.1. The Morgan fingerprint density at radius 2 is 1.82 bits per heavy atom. The minimum absolute atomic E-state index is 0.194. The van der Waals surface area contributed by atoms with E-state index in [0.29, 0.717) is 17.2 Å². The largest absolute Gasteiger partial charge is 0.493 e. The fourth-order valence-electron chi connectivity index (χ4n) is 3.28. The predicted molar refractivity (Wildman–Crippen MR) is 120 cm³/mol. The number of aliphatic carboxylic acids is 1. The van der Waals surface area contributed by atoms with Gasteiger partial charge in [-0.1, -0.05) is 32.0 Å². The van der Waals surface area contributed by atoms with Crippen LogP contribution in [-0.4, -0.2) is 42.6 Å². The molecule has 2 N–H and O–H groups in total. The molecule has 172 valence electrons. The summed E-state index contributed by atoms with van der Waals surface area (Å²) in [4.78, 5) is 49.5. The van der Waals surface area contributed by atoms with Gasteiger partial charge in [-0.2, -0.15) is 0 Å². The molecule has 0 bridgehead atoms. The Balaban J connectivity index is 1.91. The molecule has 4 amide bonds. The quantitative estimate of drug-likeness (QED) is 0.465. The highest BCUT2D eigenvalue weighted by molar-refractivity contribution is 6.39. The summed E-state index contributed by atoms with van der Waals surface area (Å²) in [7, 11) is 1.38. The van der Waals surface area contributed by atoms with Crippen molar-refractivity contribution in [2.24, 2.45) is 0 Å². The molecule has 0 aromatic heterocycles. The van der Waals surface area contributed by atoms with Crippen molar-refractivity contribution in [2.75, 3.05) is 18.6 Å². The summed E-state index contributed by atoms with van der Waals surface area (Å²) in [6.07, 6.45) is 2.28. The Kier molecular flexibility index (Phi) is 7.12. The van der Waals surface area contributed by atoms with Crippen LogP contribution in [0.3, 0.4) is 0 Å². The number of nitrogens with zero attached hydrogens (tertiary/aromatic N) is 1. The van der Waals surface area contributed by atoms with Crippen LogP contribution in [-0.2, 0) is 14.4 Å². The van der Waals surface area contributed by atoms with Crippen LogP contribution in [0.1, 0.15) is 37.3 Å². The zero-order valence-electron chi connectivity index (χ0n) is 18.5. The van der Waals surface area contributed by atoms with Gasteiger partial charge < -0.3 is 14.6 Å². The van der Waals surface area contributed by atoms with E-state index >= 15 is 0 Å². The van der Waals surface area contributed by atoms with Crippen LogP contribution in [0.4, 0.5) is 10.5 Å². The second-order valence-corrected chi connectivity index (χ2v) is 7.45. The van der Waals surface area contributed by atoms with Gasteiger partial charge in [0.05, 0.1) is 12.8 Å². The van der Waals surface area contributed by atoms with Gasteiger partial charge in [0, 0.05) is 0 Å². The Morgan fingerprint density at radius 3 is 2.42 bits per heavy atom. The van der Waals surface area contributed by atoms with Crippen molar-refractivity contribution >= 4 is 35.6 Å². The van der Waals surface area contributed by atoms with Crippen LogP contribution >= 0.6 is 0 Å². The predicted octanol–water partition coefficient (Wildman–Crippen LogP) is 3.34. The van der Waals surface area contributed by atoms with Crippen molar-refractivity contribution in [3.8, 4) is 11.5 Å². The van der Waals surface area contributed by atoms with E-state index in [0.717, 1.165) is 16.9 Å². The number of amides is 4. The number of hydrogen-bond acceptors (Lipinski definition) is 6. The van der Waals surface area contributed by atoms with Gasteiger partial charge in [0.2, 0.25) is 0 Å². The molecule has 1 aliphatic heterocycles. The summed E-state index contributed by atoms with van der Waals surface area (Å²) in [5, 5.41) is 11.0. The van der Waals surface area contributed by atoms with Gasteiger partial charge in [0.15, 0.2) is 18.1 Å². The van der Waals surface area contributed by atoms with Crippen molar-refractivity contribution in [1.82, 2.24) is 5.32 Å². The second-order valence-electron chi connectivity index (χ2n) is 7.45. The molecule has 1 saturated heterocycles. The fourth-order valence-corrected chi connectivity index (χ4v) is 3.28. The van der Waals surface area contributed by atoms with E-state index in [1.54, 1.807) is 12.1 Å². The van der Waals surface area contributed by atoms with E-state index in [2.05, 4.69) is 19.2 Å². The lowest BCUT2D eigenvalue weighted by atomic mass is 9.98. The fraction of sp³-hybridized carbons (Fsp3) is 0.250. The standard InChI is InChI=1S/C24H24N2O7/c1-4-14(2)16-6-8-17(9-7-16)26-23(30)18(22(29)25-24(26)31)11-15-5-10-19(20(12-15)32-3)33-13-21(27)28/h5-12,14H,4,13H2,1-3H3,(H,27,28)(H,25,29,31)/b18-11-/t14-/m0/s1. The number of hydrogen-bond donors (Lipinski definition) is 2. The van der Waals surface area contributed by atoms with Crippen LogP contribution in [0, 0.1) is 0 Å². The van der Waals surface area contributed by atoms with Gasteiger partial charge in [-0.25, -0.2) is 14.5 Å². The molecule has 1 atom stereocenters. The normalized spacial score (nSPS) is 15.9. The summed E-state index contributed by atoms with van der Waals surface area (Å²) in [5.74, 6) is -1.97. The number of ether oxygens (including phenoxy) is 2. The average molecular weight is 452 g/mol. The zero-order valence-corrected chi connectivity index (χ0v) is 18.5. The highest BCUT2D eigenvalue weighted by Gasteiger charge is 2.36. The minimum Gasteiger partial charge on any atom is -0.493 e. The van der Waals surface area contributed by atoms with Crippen molar-refractivity contribution < 1.29 is 33.8 Å². The van der Waals surface area contributed by atoms with Gasteiger partial charge in [-0.05, 0) is 53.8 Å². The number of carbonyl (C=O) groups is 4. The number of rotatable bonds is 8. The lowest BCUT2D eigenvalue weighted by Crippen LogP contribution is -2.54. The summed E-state index contributed by atoms with van der Waals surface area (Å²) in [6.45, 7) is 3.60. The molecule has 0 spiro atoms. The van der Waals surface area contributed by atoms with Crippen molar-refractivity contribution in [2.45, 2.75) is 26.2 Å². The third kappa shape index (κ3) is 5.20. The topological polar surface area (TPSA) is 122 Å². The van der Waals surface area contributed by atoms with Gasteiger partial charge >= 0.3 is 12.0 Å². The van der Waals surface area contributed by atoms with Crippen LogP contribution in [0.15, 0.2) is 48.0 Å².